The number of rotatable bonds is 12. The molecule has 0 aliphatic heterocycles. The Balaban J connectivity index is 1.77. The highest BCUT2D eigenvalue weighted by Crippen LogP contribution is 2.38. The second-order valence-electron chi connectivity index (χ2n) is 7.72. The maximum Gasteiger partial charge on any atom is 0.251 e. The number of ether oxygens (including phenoxy) is 3. The number of hydrogen-bond acceptors (Lipinski definition) is 9. The van der Waals surface area contributed by atoms with Crippen molar-refractivity contribution in [1.82, 2.24) is 25.1 Å². The number of amides is 1. The summed E-state index contributed by atoms with van der Waals surface area (Å²) in [5, 5.41) is 12.7. The molecule has 0 fully saturated rings. The summed E-state index contributed by atoms with van der Waals surface area (Å²) < 4.78 is 17.8. The quantitative estimate of drug-likeness (QED) is 0.292. The molecule has 1 aromatic carbocycles. The first kappa shape index (κ1) is 25.4. The van der Waals surface area contributed by atoms with E-state index in [1.54, 1.807) is 34.8 Å². The molecule has 0 radical (unpaired) electrons. The molecular weight excluding hydrogens is 456 g/mol. The number of methoxy groups -OCH3 is 3. The van der Waals surface area contributed by atoms with Crippen molar-refractivity contribution in [3.63, 3.8) is 0 Å². The fourth-order valence-electron chi connectivity index (χ4n) is 3.33. The molecule has 2 heterocycles. The van der Waals surface area contributed by atoms with Crippen LogP contribution >= 0.6 is 11.8 Å². The summed E-state index contributed by atoms with van der Waals surface area (Å²) in [4.78, 5) is 22.2. The van der Waals surface area contributed by atoms with Gasteiger partial charge >= 0.3 is 0 Å². The largest absolute Gasteiger partial charge is 0.493 e. The third-order valence-electron chi connectivity index (χ3n) is 4.90. The molecule has 1 amide bonds. The molecule has 0 aliphatic carbocycles. The van der Waals surface area contributed by atoms with Gasteiger partial charge in [0, 0.05) is 23.9 Å². The molecule has 2 N–H and O–H groups in total. The summed E-state index contributed by atoms with van der Waals surface area (Å²) in [7, 11) is 4.55. The van der Waals surface area contributed by atoms with E-state index >= 15 is 0 Å². The number of carbonyl (C=O) groups is 1. The second-order valence-corrected chi connectivity index (χ2v) is 9.27. The van der Waals surface area contributed by atoms with Gasteiger partial charge in [0.05, 0.1) is 39.5 Å². The van der Waals surface area contributed by atoms with E-state index in [0.29, 0.717) is 46.3 Å². The highest BCUT2D eigenvalue weighted by Gasteiger charge is 2.18. The SMILES string of the molecule is CCCNc1nc(SC(C)C)nc2c1cnn2CCNC(=O)c1cc(OC)c(OC)c(OC)c1. The number of thioether (sulfide) groups is 1. The van der Waals surface area contributed by atoms with Gasteiger partial charge < -0.3 is 24.8 Å². The minimum atomic E-state index is -0.258. The number of aromatic nitrogens is 4. The molecule has 0 aliphatic rings. The van der Waals surface area contributed by atoms with Gasteiger partial charge in [0.1, 0.15) is 5.82 Å². The fraction of sp³-hybridized carbons (Fsp3) is 0.478. The highest BCUT2D eigenvalue weighted by atomic mass is 32.2. The standard InChI is InChI=1S/C23H32N6O4S/c1-7-8-24-20-16-13-26-29(21(16)28-23(27-20)34-14(2)3)10-9-25-22(30)15-11-17(31-4)19(33-6)18(12-15)32-5/h11-14H,7-10H2,1-6H3,(H,25,30)(H,24,27,28). The van der Waals surface area contributed by atoms with Gasteiger partial charge in [-0.3, -0.25) is 4.79 Å². The van der Waals surface area contributed by atoms with E-state index in [9.17, 15) is 4.79 Å². The lowest BCUT2D eigenvalue weighted by Gasteiger charge is -2.14. The van der Waals surface area contributed by atoms with E-state index < -0.39 is 0 Å². The Morgan fingerprint density at radius 1 is 1.09 bits per heavy atom. The Morgan fingerprint density at radius 3 is 2.38 bits per heavy atom. The van der Waals surface area contributed by atoms with E-state index in [2.05, 4.69) is 41.5 Å². The molecule has 34 heavy (non-hydrogen) atoms. The van der Waals surface area contributed by atoms with Crippen LogP contribution in [0.1, 0.15) is 37.6 Å². The molecule has 0 saturated heterocycles. The summed E-state index contributed by atoms with van der Waals surface area (Å²) in [6.07, 6.45) is 2.75. The Bertz CT molecular complexity index is 1110. The molecule has 3 aromatic rings. The number of hydrogen-bond donors (Lipinski definition) is 2. The van der Waals surface area contributed by atoms with Crippen LogP contribution in [0.5, 0.6) is 17.2 Å². The number of fused-ring (bicyclic) bond motifs is 1. The second kappa shape index (κ2) is 11.8. The van der Waals surface area contributed by atoms with Crippen LogP contribution in [0.15, 0.2) is 23.5 Å². The van der Waals surface area contributed by atoms with Crippen LogP contribution in [0.2, 0.25) is 0 Å². The van der Waals surface area contributed by atoms with E-state index in [1.807, 2.05) is 0 Å². The zero-order valence-corrected chi connectivity index (χ0v) is 21.3. The Hall–Kier alpha value is -3.21. The number of nitrogens with zero attached hydrogens (tertiary/aromatic N) is 4. The first-order chi connectivity index (χ1) is 16.4. The lowest BCUT2D eigenvalue weighted by molar-refractivity contribution is 0.0951. The molecule has 0 spiro atoms. The van der Waals surface area contributed by atoms with Crippen LogP contribution in [-0.4, -0.2) is 65.3 Å². The molecule has 2 aromatic heterocycles. The molecule has 0 atom stereocenters. The van der Waals surface area contributed by atoms with Crippen molar-refractivity contribution in [1.29, 1.82) is 0 Å². The predicted molar refractivity (Wildman–Crippen MR) is 134 cm³/mol. The lowest BCUT2D eigenvalue weighted by atomic mass is 10.1. The van der Waals surface area contributed by atoms with Gasteiger partial charge in [-0.15, -0.1) is 0 Å². The highest BCUT2D eigenvalue weighted by molar-refractivity contribution is 7.99. The number of anilines is 1. The minimum absolute atomic E-state index is 0.258. The average molecular weight is 489 g/mol. The fourth-order valence-corrected chi connectivity index (χ4v) is 4.04. The summed E-state index contributed by atoms with van der Waals surface area (Å²) in [6.45, 7) is 7.94. The van der Waals surface area contributed by atoms with Gasteiger partial charge in [-0.1, -0.05) is 32.5 Å². The Kier molecular flexibility index (Phi) is 8.80. The van der Waals surface area contributed by atoms with Gasteiger partial charge in [-0.2, -0.15) is 5.10 Å². The molecule has 0 unspecified atom stereocenters. The van der Waals surface area contributed by atoms with Crippen LogP contribution in [0.25, 0.3) is 11.0 Å². The van der Waals surface area contributed by atoms with Gasteiger partial charge in [0.25, 0.3) is 5.91 Å². The van der Waals surface area contributed by atoms with E-state index in [0.717, 1.165) is 29.8 Å². The normalized spacial score (nSPS) is 11.0. The van der Waals surface area contributed by atoms with Crippen molar-refractivity contribution >= 4 is 34.5 Å². The van der Waals surface area contributed by atoms with Crippen molar-refractivity contribution in [2.75, 3.05) is 39.7 Å². The number of benzene rings is 1. The molecule has 10 nitrogen and oxygen atoms in total. The van der Waals surface area contributed by atoms with Crippen LogP contribution in [0, 0.1) is 0 Å². The number of carbonyl (C=O) groups excluding carboxylic acids is 1. The average Bonchev–Trinajstić information content (AvgIpc) is 3.23. The van der Waals surface area contributed by atoms with Gasteiger partial charge in [-0.05, 0) is 18.6 Å². The Labute approximate surface area is 203 Å². The predicted octanol–water partition coefficient (Wildman–Crippen LogP) is 3.60. The monoisotopic (exact) mass is 488 g/mol. The smallest absolute Gasteiger partial charge is 0.251 e. The van der Waals surface area contributed by atoms with E-state index in [4.69, 9.17) is 19.2 Å². The molecule has 11 heteroatoms. The van der Waals surface area contributed by atoms with Crippen molar-refractivity contribution < 1.29 is 19.0 Å². The van der Waals surface area contributed by atoms with Crippen molar-refractivity contribution in [3.8, 4) is 17.2 Å². The first-order valence-corrected chi connectivity index (χ1v) is 12.0. The van der Waals surface area contributed by atoms with Crippen LogP contribution in [0.3, 0.4) is 0 Å². The van der Waals surface area contributed by atoms with Gasteiger partial charge in [0.2, 0.25) is 5.75 Å². The summed E-state index contributed by atoms with van der Waals surface area (Å²) in [5.41, 5.74) is 1.14. The maximum atomic E-state index is 12.8. The molecule has 0 saturated carbocycles. The topological polar surface area (TPSA) is 112 Å². The van der Waals surface area contributed by atoms with Gasteiger partial charge in [0.15, 0.2) is 22.3 Å². The van der Waals surface area contributed by atoms with Crippen molar-refractivity contribution in [2.45, 2.75) is 44.1 Å². The Morgan fingerprint density at radius 2 is 1.79 bits per heavy atom. The molecule has 184 valence electrons. The van der Waals surface area contributed by atoms with E-state index in [1.165, 1.54) is 21.3 Å². The summed E-state index contributed by atoms with van der Waals surface area (Å²) in [5.74, 6) is 1.80. The van der Waals surface area contributed by atoms with E-state index in [-0.39, 0.29) is 5.91 Å². The third-order valence-corrected chi connectivity index (χ3v) is 5.76. The third kappa shape index (κ3) is 5.82. The summed E-state index contributed by atoms with van der Waals surface area (Å²) >= 11 is 1.60. The van der Waals surface area contributed by atoms with Crippen LogP contribution < -0.4 is 24.8 Å². The molecular formula is C23H32N6O4S. The lowest BCUT2D eigenvalue weighted by Crippen LogP contribution is -2.27. The zero-order chi connectivity index (χ0) is 24.7. The van der Waals surface area contributed by atoms with Crippen LogP contribution in [0.4, 0.5) is 5.82 Å². The van der Waals surface area contributed by atoms with Crippen LogP contribution in [-0.2, 0) is 6.54 Å². The van der Waals surface area contributed by atoms with Crippen molar-refractivity contribution in [3.05, 3.63) is 23.9 Å². The minimum Gasteiger partial charge on any atom is -0.493 e. The molecule has 0 bridgehead atoms. The van der Waals surface area contributed by atoms with Gasteiger partial charge in [-0.25, -0.2) is 14.6 Å². The number of nitrogens with one attached hydrogen (secondary N) is 2. The maximum absolute atomic E-state index is 12.8. The molecule has 3 rings (SSSR count). The summed E-state index contributed by atoms with van der Waals surface area (Å²) in [6, 6.07) is 3.24. The van der Waals surface area contributed by atoms with Crippen molar-refractivity contribution in [2.24, 2.45) is 0 Å². The first-order valence-electron chi connectivity index (χ1n) is 11.1. The zero-order valence-electron chi connectivity index (χ0n) is 20.5.